The Bertz CT molecular complexity index is 639. The number of benzene rings is 1. The molecule has 92 valence electrons. The fourth-order valence-corrected chi connectivity index (χ4v) is 1.61. The van der Waals surface area contributed by atoms with Crippen molar-refractivity contribution in [3.05, 3.63) is 35.4 Å². The maximum absolute atomic E-state index is 11.4. The van der Waals surface area contributed by atoms with Crippen LogP contribution in [0.5, 0.6) is 0 Å². The van der Waals surface area contributed by atoms with Gasteiger partial charge in [0.1, 0.15) is 0 Å². The lowest BCUT2D eigenvalue weighted by Gasteiger charge is -2.06. The van der Waals surface area contributed by atoms with Crippen molar-refractivity contribution in [3.63, 3.8) is 0 Å². The first-order valence-corrected chi connectivity index (χ1v) is 5.64. The molecule has 0 aliphatic rings. The summed E-state index contributed by atoms with van der Waals surface area (Å²) in [5.41, 5.74) is 6.93. The minimum Gasteiger partial charge on any atom is -0.381 e. The third-order valence-corrected chi connectivity index (χ3v) is 2.45. The average molecular weight is 263 g/mol. The van der Waals surface area contributed by atoms with Crippen molar-refractivity contribution in [1.82, 2.24) is 9.97 Å². The molecule has 2 rings (SSSR count). The number of fused-ring (bicyclic) bond motifs is 1. The topological polar surface area (TPSA) is 80.9 Å². The molecular formula is C12H11ClN4O. The van der Waals surface area contributed by atoms with E-state index < -0.39 is 0 Å². The van der Waals surface area contributed by atoms with E-state index in [4.69, 9.17) is 17.3 Å². The monoisotopic (exact) mass is 262 g/mol. The second-order valence-corrected chi connectivity index (χ2v) is 4.02. The Morgan fingerprint density at radius 3 is 2.89 bits per heavy atom. The van der Waals surface area contributed by atoms with Crippen LogP contribution in [0.3, 0.4) is 0 Å². The van der Waals surface area contributed by atoms with Crippen LogP contribution in [-0.4, -0.2) is 15.9 Å². The van der Waals surface area contributed by atoms with Gasteiger partial charge in [0.05, 0.1) is 11.0 Å². The van der Waals surface area contributed by atoms with Crippen LogP contribution in [0.25, 0.3) is 11.0 Å². The quantitative estimate of drug-likeness (QED) is 0.814. The lowest BCUT2D eigenvalue weighted by molar-refractivity contribution is -0.111. The van der Waals surface area contributed by atoms with Crippen molar-refractivity contribution < 1.29 is 4.79 Å². The van der Waals surface area contributed by atoms with E-state index in [1.807, 2.05) is 0 Å². The van der Waals surface area contributed by atoms with Crippen molar-refractivity contribution in [1.29, 1.82) is 0 Å². The average Bonchev–Trinajstić information content (AvgIpc) is 2.31. The maximum Gasteiger partial charge on any atom is 0.249 e. The van der Waals surface area contributed by atoms with Crippen molar-refractivity contribution in [2.45, 2.75) is 6.92 Å². The van der Waals surface area contributed by atoms with Crippen LogP contribution in [0.4, 0.5) is 11.6 Å². The van der Waals surface area contributed by atoms with Gasteiger partial charge in [-0.15, -0.1) is 0 Å². The summed E-state index contributed by atoms with van der Waals surface area (Å²) in [4.78, 5) is 19.8. The Balaban J connectivity index is 2.43. The van der Waals surface area contributed by atoms with Crippen LogP contribution < -0.4 is 11.1 Å². The molecule has 0 atom stereocenters. The maximum atomic E-state index is 11.4. The van der Waals surface area contributed by atoms with E-state index in [1.165, 1.54) is 6.08 Å². The highest BCUT2D eigenvalue weighted by molar-refractivity contribution is 6.31. The molecule has 3 N–H and O–H groups in total. The van der Waals surface area contributed by atoms with E-state index in [9.17, 15) is 4.79 Å². The number of nitrogens with one attached hydrogen (secondary N) is 1. The number of hydrogen-bond acceptors (Lipinski definition) is 4. The normalized spacial score (nSPS) is 11.0. The number of amides is 1. The molecule has 0 spiro atoms. The zero-order valence-corrected chi connectivity index (χ0v) is 10.4. The Hall–Kier alpha value is -2.14. The SMILES string of the molecule is CC=CC(=O)Nc1nc2ccc(Cl)cc2nc1N. The molecular weight excluding hydrogens is 252 g/mol. The number of nitrogens with zero attached hydrogens (tertiary/aromatic N) is 2. The molecule has 6 heteroatoms. The summed E-state index contributed by atoms with van der Waals surface area (Å²) in [6.45, 7) is 1.75. The smallest absolute Gasteiger partial charge is 0.249 e. The van der Waals surface area contributed by atoms with E-state index >= 15 is 0 Å². The number of hydrogen-bond donors (Lipinski definition) is 2. The number of nitrogens with two attached hydrogens (primary N) is 1. The van der Waals surface area contributed by atoms with E-state index in [-0.39, 0.29) is 17.5 Å². The molecule has 1 aromatic carbocycles. The van der Waals surface area contributed by atoms with Crippen molar-refractivity contribution in [2.24, 2.45) is 0 Å². The molecule has 1 amide bonds. The molecule has 18 heavy (non-hydrogen) atoms. The summed E-state index contributed by atoms with van der Waals surface area (Å²) >= 11 is 5.85. The predicted octanol–water partition coefficient (Wildman–Crippen LogP) is 2.38. The van der Waals surface area contributed by atoms with E-state index in [0.717, 1.165) is 0 Å². The zero-order valence-electron chi connectivity index (χ0n) is 9.64. The largest absolute Gasteiger partial charge is 0.381 e. The van der Waals surface area contributed by atoms with Crippen LogP contribution in [-0.2, 0) is 4.79 Å². The molecule has 0 aliphatic heterocycles. The van der Waals surface area contributed by atoms with Crippen LogP contribution in [0.1, 0.15) is 6.92 Å². The van der Waals surface area contributed by atoms with Crippen molar-refractivity contribution >= 4 is 40.2 Å². The minimum atomic E-state index is -0.299. The number of carbonyl (C=O) groups excluding carboxylic acids is 1. The number of allylic oxidation sites excluding steroid dienone is 1. The van der Waals surface area contributed by atoms with Gasteiger partial charge in [0.2, 0.25) is 5.91 Å². The third-order valence-electron chi connectivity index (χ3n) is 2.21. The van der Waals surface area contributed by atoms with E-state index in [2.05, 4.69) is 15.3 Å². The molecule has 0 fully saturated rings. The van der Waals surface area contributed by atoms with Crippen LogP contribution in [0.2, 0.25) is 5.02 Å². The Morgan fingerprint density at radius 1 is 1.39 bits per heavy atom. The minimum absolute atomic E-state index is 0.155. The highest BCUT2D eigenvalue weighted by Crippen LogP contribution is 2.21. The van der Waals surface area contributed by atoms with Gasteiger partial charge < -0.3 is 11.1 Å². The first-order valence-electron chi connectivity index (χ1n) is 5.26. The first kappa shape index (κ1) is 12.3. The summed E-state index contributed by atoms with van der Waals surface area (Å²) in [6, 6.07) is 5.08. The molecule has 5 nitrogen and oxygen atoms in total. The summed E-state index contributed by atoms with van der Waals surface area (Å²) in [5, 5.41) is 3.12. The summed E-state index contributed by atoms with van der Waals surface area (Å²) in [5.74, 6) is 0.0994. The predicted molar refractivity (Wildman–Crippen MR) is 72.4 cm³/mol. The van der Waals surface area contributed by atoms with Gasteiger partial charge in [0.15, 0.2) is 11.6 Å². The molecule has 1 aromatic heterocycles. The molecule has 0 saturated heterocycles. The van der Waals surface area contributed by atoms with Crippen LogP contribution >= 0.6 is 11.6 Å². The molecule has 0 saturated carbocycles. The first-order chi connectivity index (χ1) is 8.60. The van der Waals surface area contributed by atoms with Gasteiger partial charge in [0, 0.05) is 5.02 Å². The second-order valence-electron chi connectivity index (χ2n) is 3.58. The number of aromatic nitrogens is 2. The van der Waals surface area contributed by atoms with Crippen molar-refractivity contribution in [2.75, 3.05) is 11.1 Å². The van der Waals surface area contributed by atoms with Gasteiger partial charge in [0.25, 0.3) is 0 Å². The number of rotatable bonds is 2. The highest BCUT2D eigenvalue weighted by atomic mass is 35.5. The Labute approximate surface area is 109 Å². The summed E-state index contributed by atoms with van der Waals surface area (Å²) in [6.07, 6.45) is 3.01. The Kier molecular flexibility index (Phi) is 3.43. The van der Waals surface area contributed by atoms with Crippen molar-refractivity contribution in [3.8, 4) is 0 Å². The molecule has 1 heterocycles. The van der Waals surface area contributed by atoms with Crippen LogP contribution in [0.15, 0.2) is 30.4 Å². The highest BCUT2D eigenvalue weighted by Gasteiger charge is 2.08. The molecule has 2 aromatic rings. The number of nitrogen functional groups attached to an aromatic ring is 1. The van der Waals surface area contributed by atoms with Gasteiger partial charge in [-0.25, -0.2) is 9.97 Å². The molecule has 0 unspecified atom stereocenters. The van der Waals surface area contributed by atoms with Gasteiger partial charge in [-0.2, -0.15) is 0 Å². The molecule has 0 aliphatic carbocycles. The number of carbonyl (C=O) groups is 1. The molecule has 0 bridgehead atoms. The van der Waals surface area contributed by atoms with Gasteiger partial charge >= 0.3 is 0 Å². The standard InChI is InChI=1S/C12H11ClN4O/c1-2-3-10(18)17-12-11(14)15-9-6-7(13)4-5-8(9)16-12/h2-6H,1H3,(H2,14,15)(H,16,17,18). The number of anilines is 2. The van der Waals surface area contributed by atoms with Gasteiger partial charge in [-0.05, 0) is 31.2 Å². The zero-order chi connectivity index (χ0) is 13.1. The lowest BCUT2D eigenvalue weighted by atomic mass is 10.3. The molecule has 0 radical (unpaired) electrons. The van der Waals surface area contributed by atoms with Gasteiger partial charge in [-0.1, -0.05) is 17.7 Å². The Morgan fingerprint density at radius 2 is 2.17 bits per heavy atom. The summed E-state index contributed by atoms with van der Waals surface area (Å²) < 4.78 is 0. The van der Waals surface area contributed by atoms with Gasteiger partial charge in [-0.3, -0.25) is 4.79 Å². The summed E-state index contributed by atoms with van der Waals surface area (Å²) in [7, 11) is 0. The lowest BCUT2D eigenvalue weighted by Crippen LogP contribution is -2.12. The van der Waals surface area contributed by atoms with Crippen LogP contribution in [0, 0.1) is 0 Å². The third kappa shape index (κ3) is 2.57. The van der Waals surface area contributed by atoms with E-state index in [0.29, 0.717) is 16.1 Å². The fourth-order valence-electron chi connectivity index (χ4n) is 1.44. The fraction of sp³-hybridized carbons (Fsp3) is 0.0833. The second kappa shape index (κ2) is 5.01. The van der Waals surface area contributed by atoms with E-state index in [1.54, 1.807) is 31.2 Å². The number of halogens is 1.